The fourth-order valence-electron chi connectivity index (χ4n) is 5.25. The van der Waals surface area contributed by atoms with Gasteiger partial charge in [-0.15, -0.1) is 0 Å². The molecule has 4 rings (SSSR count). The number of fused-ring (bicyclic) bond motifs is 1. The Bertz CT molecular complexity index is 1360. The molecule has 1 aliphatic rings. The van der Waals surface area contributed by atoms with Crippen LogP contribution in [0, 0.1) is 5.92 Å². The largest absolute Gasteiger partial charge is 0.481 e. The van der Waals surface area contributed by atoms with E-state index in [-0.39, 0.29) is 24.4 Å². The number of urea groups is 1. The number of nitrogens with zero attached hydrogens (tertiary/aromatic N) is 1. The van der Waals surface area contributed by atoms with Crippen molar-refractivity contribution in [2.45, 2.75) is 51.2 Å². The number of nitrogens with one attached hydrogen (secondary N) is 1. The van der Waals surface area contributed by atoms with E-state index in [1.807, 2.05) is 62.4 Å². The van der Waals surface area contributed by atoms with Crippen molar-refractivity contribution in [3.05, 3.63) is 95.1 Å². The number of benzene rings is 3. The predicted molar refractivity (Wildman–Crippen MR) is 152 cm³/mol. The molecule has 3 aromatic rings. The van der Waals surface area contributed by atoms with Crippen LogP contribution in [0.3, 0.4) is 0 Å². The first-order valence-corrected chi connectivity index (χ1v) is 13.6. The van der Waals surface area contributed by atoms with Crippen molar-refractivity contribution in [2.75, 3.05) is 13.1 Å². The Morgan fingerprint density at radius 2 is 1.55 bits per heavy atom. The normalized spacial score (nSPS) is 14.7. The molecule has 0 saturated heterocycles. The van der Waals surface area contributed by atoms with Crippen molar-refractivity contribution in [1.82, 2.24) is 10.2 Å². The Hall–Kier alpha value is -4.17. The van der Waals surface area contributed by atoms with Crippen molar-refractivity contribution in [2.24, 2.45) is 5.92 Å². The Balaban J connectivity index is 1.59. The smallest absolute Gasteiger partial charge is 0.342 e. The van der Waals surface area contributed by atoms with Gasteiger partial charge in [0.15, 0.2) is 0 Å². The summed E-state index contributed by atoms with van der Waals surface area (Å²) in [6, 6.07) is 20.7. The SMILES string of the molecule is CC(C)CN(CC(O)(C(=O)O)c1ccc2c(c1)CCC2)C(=O)NC(CC(=O)O)c1ccc(-c2ccccc2)cc1. The monoisotopic (exact) mass is 544 g/mol. The first kappa shape index (κ1) is 28.8. The van der Waals surface area contributed by atoms with Crippen LogP contribution in [-0.4, -0.2) is 51.3 Å². The third-order valence-electron chi connectivity index (χ3n) is 7.32. The third kappa shape index (κ3) is 6.69. The molecule has 8 heteroatoms. The summed E-state index contributed by atoms with van der Waals surface area (Å²) in [4.78, 5) is 39.0. The van der Waals surface area contributed by atoms with Crippen LogP contribution in [0.25, 0.3) is 11.1 Å². The second-order valence-corrected chi connectivity index (χ2v) is 10.9. The van der Waals surface area contributed by atoms with Gasteiger partial charge in [-0.25, -0.2) is 9.59 Å². The number of carboxylic acid groups (broad SMARTS) is 2. The molecule has 0 saturated carbocycles. The first-order valence-electron chi connectivity index (χ1n) is 13.6. The predicted octanol–water partition coefficient (Wildman–Crippen LogP) is 5.00. The molecule has 2 atom stereocenters. The summed E-state index contributed by atoms with van der Waals surface area (Å²) in [7, 11) is 0. The molecule has 8 nitrogen and oxygen atoms in total. The number of hydrogen-bond donors (Lipinski definition) is 4. The molecule has 0 fully saturated rings. The Kier molecular flexibility index (Phi) is 8.90. The molecule has 2 unspecified atom stereocenters. The fraction of sp³-hybridized carbons (Fsp3) is 0.344. The zero-order valence-electron chi connectivity index (χ0n) is 22.8. The lowest BCUT2D eigenvalue weighted by molar-refractivity contribution is -0.161. The van der Waals surface area contributed by atoms with Gasteiger partial charge >= 0.3 is 18.0 Å². The summed E-state index contributed by atoms with van der Waals surface area (Å²) in [5, 5.41) is 33.9. The van der Waals surface area contributed by atoms with Gasteiger partial charge in [-0.3, -0.25) is 4.79 Å². The first-order chi connectivity index (χ1) is 19.1. The molecule has 4 N–H and O–H groups in total. The maximum atomic E-state index is 13.6. The lowest BCUT2D eigenvalue weighted by Gasteiger charge is -2.34. The van der Waals surface area contributed by atoms with Crippen LogP contribution < -0.4 is 5.32 Å². The number of hydrogen-bond acceptors (Lipinski definition) is 4. The van der Waals surface area contributed by atoms with E-state index in [1.54, 1.807) is 24.3 Å². The van der Waals surface area contributed by atoms with Gasteiger partial charge in [0.05, 0.1) is 19.0 Å². The number of carbonyl (C=O) groups excluding carboxylic acids is 1. The molecule has 1 aliphatic carbocycles. The van der Waals surface area contributed by atoms with Crippen molar-refractivity contribution in [3.8, 4) is 11.1 Å². The minimum absolute atomic E-state index is 0.0353. The van der Waals surface area contributed by atoms with E-state index >= 15 is 0 Å². The lowest BCUT2D eigenvalue weighted by atomic mass is 9.90. The van der Waals surface area contributed by atoms with Crippen LogP contribution >= 0.6 is 0 Å². The van der Waals surface area contributed by atoms with E-state index in [2.05, 4.69) is 5.32 Å². The molecule has 210 valence electrons. The second-order valence-electron chi connectivity index (χ2n) is 10.9. The summed E-state index contributed by atoms with van der Waals surface area (Å²) in [6.07, 6.45) is 2.35. The van der Waals surface area contributed by atoms with Crippen molar-refractivity contribution in [1.29, 1.82) is 0 Å². The highest BCUT2D eigenvalue weighted by atomic mass is 16.4. The molecule has 0 radical (unpaired) electrons. The molecule has 3 aromatic carbocycles. The highest BCUT2D eigenvalue weighted by Crippen LogP contribution is 2.30. The third-order valence-corrected chi connectivity index (χ3v) is 7.32. The Labute approximate surface area is 234 Å². The van der Waals surface area contributed by atoms with E-state index in [1.165, 1.54) is 4.90 Å². The molecular weight excluding hydrogens is 508 g/mol. The maximum absolute atomic E-state index is 13.6. The summed E-state index contributed by atoms with van der Waals surface area (Å²) in [5.74, 6) is -2.58. The molecule has 0 spiro atoms. The van der Waals surface area contributed by atoms with E-state index in [9.17, 15) is 29.7 Å². The summed E-state index contributed by atoms with van der Waals surface area (Å²) in [5.41, 5.74) is 2.61. The van der Waals surface area contributed by atoms with Gasteiger partial charge in [-0.05, 0) is 58.6 Å². The molecular formula is C32H36N2O6. The highest BCUT2D eigenvalue weighted by molar-refractivity contribution is 5.82. The van der Waals surface area contributed by atoms with Crippen LogP contribution in [0.15, 0.2) is 72.8 Å². The average molecular weight is 545 g/mol. The van der Waals surface area contributed by atoms with Gasteiger partial charge in [0, 0.05) is 6.54 Å². The minimum atomic E-state index is -2.33. The summed E-state index contributed by atoms with van der Waals surface area (Å²) in [6.45, 7) is 3.44. The van der Waals surface area contributed by atoms with Crippen molar-refractivity contribution < 1.29 is 29.7 Å². The van der Waals surface area contributed by atoms with E-state index in [0.29, 0.717) is 5.56 Å². The number of aliphatic carboxylic acids is 2. The topological polar surface area (TPSA) is 127 Å². The molecule has 0 aromatic heterocycles. The van der Waals surface area contributed by atoms with Crippen molar-refractivity contribution in [3.63, 3.8) is 0 Å². The van der Waals surface area contributed by atoms with Crippen LogP contribution in [-0.2, 0) is 28.0 Å². The fourth-order valence-corrected chi connectivity index (χ4v) is 5.25. The van der Waals surface area contributed by atoms with Gasteiger partial charge < -0.3 is 25.5 Å². The molecule has 0 heterocycles. The summed E-state index contributed by atoms with van der Waals surface area (Å²) >= 11 is 0. The molecule has 0 aliphatic heterocycles. The van der Waals surface area contributed by atoms with Gasteiger partial charge in [-0.1, -0.05) is 86.6 Å². The quantitative estimate of drug-likeness (QED) is 0.269. The zero-order chi connectivity index (χ0) is 28.9. The summed E-state index contributed by atoms with van der Waals surface area (Å²) < 4.78 is 0. The van der Waals surface area contributed by atoms with Gasteiger partial charge in [0.25, 0.3) is 0 Å². The number of rotatable bonds is 11. The van der Waals surface area contributed by atoms with Crippen LogP contribution in [0.1, 0.15) is 55.0 Å². The second kappa shape index (κ2) is 12.3. The van der Waals surface area contributed by atoms with E-state index in [4.69, 9.17) is 0 Å². The van der Waals surface area contributed by atoms with Crippen LogP contribution in [0.2, 0.25) is 0 Å². The molecule has 2 amide bonds. The maximum Gasteiger partial charge on any atom is 0.342 e. The number of amides is 2. The Morgan fingerprint density at radius 3 is 2.17 bits per heavy atom. The highest BCUT2D eigenvalue weighted by Gasteiger charge is 2.42. The van der Waals surface area contributed by atoms with Crippen LogP contribution in [0.4, 0.5) is 4.79 Å². The van der Waals surface area contributed by atoms with Crippen LogP contribution in [0.5, 0.6) is 0 Å². The van der Waals surface area contributed by atoms with E-state index < -0.39 is 36.2 Å². The van der Waals surface area contributed by atoms with Gasteiger partial charge in [-0.2, -0.15) is 0 Å². The van der Waals surface area contributed by atoms with E-state index in [0.717, 1.165) is 41.5 Å². The van der Waals surface area contributed by atoms with Gasteiger partial charge in [0.2, 0.25) is 5.60 Å². The minimum Gasteiger partial charge on any atom is -0.481 e. The number of aliphatic hydroxyl groups is 1. The molecule has 40 heavy (non-hydrogen) atoms. The number of carbonyl (C=O) groups is 3. The standard InChI is InChI=1S/C32H36N2O6/c1-21(2)19-34(20-32(40,30(37)38)27-16-15-23-9-6-10-26(23)17-27)31(39)33-28(18-29(35)36)25-13-11-24(12-14-25)22-7-4-3-5-8-22/h3-5,7-8,11-17,21,28,40H,6,9-10,18-20H2,1-2H3,(H,33,39)(H,35,36)(H,37,38). The zero-order valence-corrected chi connectivity index (χ0v) is 22.8. The van der Waals surface area contributed by atoms with Gasteiger partial charge in [0.1, 0.15) is 0 Å². The Morgan fingerprint density at radius 1 is 0.900 bits per heavy atom. The molecule has 0 bridgehead atoms. The van der Waals surface area contributed by atoms with Crippen molar-refractivity contribution >= 4 is 18.0 Å². The lowest BCUT2D eigenvalue weighted by Crippen LogP contribution is -2.52. The number of aryl methyl sites for hydroxylation is 2. The number of carboxylic acids is 2. The average Bonchev–Trinajstić information content (AvgIpc) is 3.40.